The first kappa shape index (κ1) is 13.5. The molecule has 0 saturated heterocycles. The van der Waals surface area contributed by atoms with E-state index in [1.807, 2.05) is 12.1 Å². The Kier molecular flexibility index (Phi) is 4.49. The van der Waals surface area contributed by atoms with Crippen molar-refractivity contribution in [3.63, 3.8) is 0 Å². The molecule has 0 spiro atoms. The Balaban J connectivity index is 1.80. The molecule has 1 aliphatic rings. The Morgan fingerprint density at radius 2 is 2.16 bits per heavy atom. The van der Waals surface area contributed by atoms with Crippen molar-refractivity contribution < 1.29 is 14.7 Å². The molecule has 1 amide bonds. The molecule has 0 aliphatic heterocycles. The number of nitrogens with one attached hydrogen (secondary N) is 1. The van der Waals surface area contributed by atoms with E-state index < -0.39 is 11.9 Å². The quantitative estimate of drug-likeness (QED) is 0.836. The molecule has 0 bridgehead atoms. The summed E-state index contributed by atoms with van der Waals surface area (Å²) in [6, 6.07) is 3.81. The van der Waals surface area contributed by atoms with Crippen molar-refractivity contribution in [2.75, 3.05) is 6.54 Å². The largest absolute Gasteiger partial charge is 0.481 e. The first-order chi connectivity index (χ1) is 9.18. The number of pyridine rings is 1. The van der Waals surface area contributed by atoms with Crippen LogP contribution in [-0.2, 0) is 16.0 Å². The van der Waals surface area contributed by atoms with Crippen LogP contribution < -0.4 is 5.32 Å². The Bertz CT molecular complexity index is 447. The molecule has 5 nitrogen and oxygen atoms in total. The van der Waals surface area contributed by atoms with Crippen molar-refractivity contribution in [2.24, 2.45) is 11.8 Å². The third-order valence-electron chi connectivity index (χ3n) is 3.61. The van der Waals surface area contributed by atoms with Gasteiger partial charge in [-0.25, -0.2) is 0 Å². The number of carboxylic acid groups (broad SMARTS) is 1. The van der Waals surface area contributed by atoms with Crippen molar-refractivity contribution in [3.8, 4) is 0 Å². The molecule has 2 N–H and O–H groups in total. The molecule has 1 saturated carbocycles. The lowest BCUT2D eigenvalue weighted by Gasteiger charge is -2.15. The van der Waals surface area contributed by atoms with Crippen LogP contribution in [0.25, 0.3) is 0 Å². The fraction of sp³-hybridized carbons (Fsp3) is 0.500. The van der Waals surface area contributed by atoms with Gasteiger partial charge in [-0.2, -0.15) is 0 Å². The van der Waals surface area contributed by atoms with E-state index >= 15 is 0 Å². The minimum atomic E-state index is -0.857. The average molecular weight is 262 g/mol. The zero-order valence-electron chi connectivity index (χ0n) is 10.7. The lowest BCUT2D eigenvalue weighted by Crippen LogP contribution is -2.36. The Morgan fingerprint density at radius 1 is 1.37 bits per heavy atom. The van der Waals surface area contributed by atoms with Crippen LogP contribution in [0.1, 0.15) is 24.8 Å². The highest BCUT2D eigenvalue weighted by atomic mass is 16.4. The van der Waals surface area contributed by atoms with Gasteiger partial charge in [0.15, 0.2) is 0 Å². The van der Waals surface area contributed by atoms with Crippen LogP contribution >= 0.6 is 0 Å². The molecule has 1 aliphatic carbocycles. The first-order valence-electron chi connectivity index (χ1n) is 6.58. The van der Waals surface area contributed by atoms with E-state index in [4.69, 9.17) is 5.11 Å². The molecular formula is C14H18N2O3. The number of rotatable bonds is 5. The molecule has 1 aromatic heterocycles. The van der Waals surface area contributed by atoms with Crippen LogP contribution in [0.5, 0.6) is 0 Å². The van der Waals surface area contributed by atoms with Gasteiger partial charge in [0, 0.05) is 18.9 Å². The summed E-state index contributed by atoms with van der Waals surface area (Å²) >= 11 is 0. The molecular weight excluding hydrogens is 244 g/mol. The summed E-state index contributed by atoms with van der Waals surface area (Å²) in [4.78, 5) is 27.0. The standard InChI is InChI=1S/C14H18N2O3/c17-13(11-4-1-5-12(11)14(18)19)16-8-6-10-3-2-7-15-9-10/h2-3,7,9,11-12H,1,4-6,8H2,(H,16,17)(H,18,19)/t11-,12+/m1/s1. The molecule has 1 aromatic rings. The number of carbonyl (C=O) groups is 2. The van der Waals surface area contributed by atoms with Crippen molar-refractivity contribution in [1.82, 2.24) is 10.3 Å². The van der Waals surface area contributed by atoms with E-state index in [9.17, 15) is 9.59 Å². The SMILES string of the molecule is O=C(O)[C@H]1CCC[C@H]1C(=O)NCCc1cccnc1. The minimum Gasteiger partial charge on any atom is -0.481 e. The summed E-state index contributed by atoms with van der Waals surface area (Å²) in [6.45, 7) is 0.521. The molecule has 5 heteroatoms. The molecule has 2 rings (SSSR count). The fourth-order valence-electron chi connectivity index (χ4n) is 2.58. The Morgan fingerprint density at radius 3 is 2.84 bits per heavy atom. The summed E-state index contributed by atoms with van der Waals surface area (Å²) in [5, 5.41) is 11.9. The third-order valence-corrected chi connectivity index (χ3v) is 3.61. The van der Waals surface area contributed by atoms with Crippen molar-refractivity contribution >= 4 is 11.9 Å². The number of aliphatic carboxylic acids is 1. The predicted octanol–water partition coefficient (Wildman–Crippen LogP) is 1.24. The molecule has 1 heterocycles. The first-order valence-corrected chi connectivity index (χ1v) is 6.58. The Hall–Kier alpha value is -1.91. The maximum absolute atomic E-state index is 12.0. The van der Waals surface area contributed by atoms with Crippen molar-refractivity contribution in [3.05, 3.63) is 30.1 Å². The highest BCUT2D eigenvalue weighted by Gasteiger charge is 2.37. The van der Waals surface area contributed by atoms with Crippen LogP contribution in [0, 0.1) is 11.8 Å². The molecule has 19 heavy (non-hydrogen) atoms. The van der Waals surface area contributed by atoms with Gasteiger partial charge in [0.05, 0.1) is 11.8 Å². The van der Waals surface area contributed by atoms with Crippen LogP contribution in [0.15, 0.2) is 24.5 Å². The molecule has 0 unspecified atom stereocenters. The van der Waals surface area contributed by atoms with E-state index in [0.29, 0.717) is 25.8 Å². The smallest absolute Gasteiger partial charge is 0.307 e. The van der Waals surface area contributed by atoms with Gasteiger partial charge in [0.2, 0.25) is 5.91 Å². The molecule has 102 valence electrons. The van der Waals surface area contributed by atoms with Crippen molar-refractivity contribution in [2.45, 2.75) is 25.7 Å². The Labute approximate surface area is 112 Å². The highest BCUT2D eigenvalue weighted by molar-refractivity contribution is 5.85. The molecule has 0 aromatic carbocycles. The number of carbonyl (C=O) groups excluding carboxylic acids is 1. The summed E-state index contributed by atoms with van der Waals surface area (Å²) in [5.74, 6) is -1.87. The molecule has 0 radical (unpaired) electrons. The molecule has 1 fully saturated rings. The van der Waals surface area contributed by atoms with Crippen molar-refractivity contribution in [1.29, 1.82) is 0 Å². The number of hydrogen-bond donors (Lipinski definition) is 2. The average Bonchev–Trinajstić information content (AvgIpc) is 2.89. The van der Waals surface area contributed by atoms with Gasteiger partial charge in [-0.1, -0.05) is 12.5 Å². The summed E-state index contributed by atoms with van der Waals surface area (Å²) < 4.78 is 0. The van der Waals surface area contributed by atoms with Gasteiger partial charge < -0.3 is 10.4 Å². The van der Waals surface area contributed by atoms with Gasteiger partial charge in [-0.05, 0) is 30.9 Å². The van der Waals surface area contributed by atoms with E-state index in [1.54, 1.807) is 12.4 Å². The van der Waals surface area contributed by atoms with Gasteiger partial charge in [-0.15, -0.1) is 0 Å². The third kappa shape index (κ3) is 3.53. The van der Waals surface area contributed by atoms with E-state index in [1.165, 1.54) is 0 Å². The van der Waals surface area contributed by atoms with E-state index in [-0.39, 0.29) is 11.8 Å². The van der Waals surface area contributed by atoms with Gasteiger partial charge in [0.25, 0.3) is 0 Å². The zero-order valence-corrected chi connectivity index (χ0v) is 10.7. The maximum Gasteiger partial charge on any atom is 0.307 e. The number of hydrogen-bond acceptors (Lipinski definition) is 3. The predicted molar refractivity (Wildman–Crippen MR) is 69.4 cm³/mol. The second-order valence-electron chi connectivity index (χ2n) is 4.88. The monoisotopic (exact) mass is 262 g/mol. The van der Waals surface area contributed by atoms with Gasteiger partial charge in [0.1, 0.15) is 0 Å². The summed E-state index contributed by atoms with van der Waals surface area (Å²) in [7, 11) is 0. The lowest BCUT2D eigenvalue weighted by molar-refractivity contribution is -0.146. The fourth-order valence-corrected chi connectivity index (χ4v) is 2.58. The van der Waals surface area contributed by atoms with Crippen LogP contribution in [-0.4, -0.2) is 28.5 Å². The normalized spacial score (nSPS) is 22.1. The van der Waals surface area contributed by atoms with E-state index in [2.05, 4.69) is 10.3 Å². The maximum atomic E-state index is 12.0. The number of aromatic nitrogens is 1. The van der Waals surface area contributed by atoms with Gasteiger partial charge in [-0.3, -0.25) is 14.6 Å². The van der Waals surface area contributed by atoms with Gasteiger partial charge >= 0.3 is 5.97 Å². The highest BCUT2D eigenvalue weighted by Crippen LogP contribution is 2.31. The minimum absolute atomic E-state index is 0.131. The zero-order chi connectivity index (χ0) is 13.7. The second-order valence-corrected chi connectivity index (χ2v) is 4.88. The number of carboxylic acids is 1. The summed E-state index contributed by atoms with van der Waals surface area (Å²) in [6.07, 6.45) is 6.28. The second kappa shape index (κ2) is 6.31. The summed E-state index contributed by atoms with van der Waals surface area (Å²) in [5.41, 5.74) is 1.06. The number of nitrogens with zero attached hydrogens (tertiary/aromatic N) is 1. The molecule has 2 atom stereocenters. The van der Waals surface area contributed by atoms with E-state index in [0.717, 1.165) is 12.0 Å². The lowest BCUT2D eigenvalue weighted by atomic mass is 9.95. The number of amides is 1. The van der Waals surface area contributed by atoms with Crippen LogP contribution in [0.2, 0.25) is 0 Å². The van der Waals surface area contributed by atoms with Crippen LogP contribution in [0.3, 0.4) is 0 Å². The topological polar surface area (TPSA) is 79.3 Å². The van der Waals surface area contributed by atoms with Crippen LogP contribution in [0.4, 0.5) is 0 Å².